The quantitative estimate of drug-likeness (QED) is 0.235. The lowest BCUT2D eigenvalue weighted by atomic mass is 10.1. The molecule has 0 bridgehead atoms. The molecule has 11 heteroatoms. The molecule has 0 aliphatic heterocycles. The molecule has 0 unspecified atom stereocenters. The van der Waals surface area contributed by atoms with Gasteiger partial charge in [0.1, 0.15) is 12.6 Å². The summed E-state index contributed by atoms with van der Waals surface area (Å²) in [5.41, 5.74) is 1.44. The number of hydrogen-bond acceptors (Lipinski definition) is 4. The minimum atomic E-state index is -4.18. The third kappa shape index (κ3) is 8.16. The van der Waals surface area contributed by atoms with Crippen molar-refractivity contribution in [1.29, 1.82) is 0 Å². The standard InChI is InChI=1S/C30H34Cl3N3O4S/c1-5-21(4)34-30(38)27(6-2)35(18-22-12-13-24(32)17-26(22)33)29(37)19-36(28-15-14-23(31)16-20(28)3)41(39,40)25-10-8-7-9-11-25/h7-17,21,27H,5-6,18-19H2,1-4H3,(H,34,38)/t21-,27+/m0/s1. The molecule has 0 saturated heterocycles. The van der Waals surface area contributed by atoms with Crippen LogP contribution >= 0.6 is 34.8 Å². The summed E-state index contributed by atoms with van der Waals surface area (Å²) >= 11 is 18.7. The normalized spacial score (nSPS) is 12.9. The van der Waals surface area contributed by atoms with E-state index in [9.17, 15) is 18.0 Å². The first-order chi connectivity index (χ1) is 19.4. The molecular weight excluding hydrogens is 605 g/mol. The predicted octanol–water partition coefficient (Wildman–Crippen LogP) is 6.87. The van der Waals surface area contributed by atoms with Crippen molar-refractivity contribution in [3.8, 4) is 0 Å². The van der Waals surface area contributed by atoms with Gasteiger partial charge in [-0.1, -0.05) is 72.9 Å². The van der Waals surface area contributed by atoms with Gasteiger partial charge in [-0.3, -0.25) is 13.9 Å². The third-order valence-electron chi connectivity index (χ3n) is 6.78. The molecule has 2 atom stereocenters. The van der Waals surface area contributed by atoms with E-state index in [2.05, 4.69) is 5.32 Å². The van der Waals surface area contributed by atoms with Gasteiger partial charge in [-0.05, 0) is 80.3 Å². The fourth-order valence-electron chi connectivity index (χ4n) is 4.33. The fourth-order valence-corrected chi connectivity index (χ4v) is 6.52. The number of aryl methyl sites for hydroxylation is 1. The zero-order chi connectivity index (χ0) is 30.3. The largest absolute Gasteiger partial charge is 0.352 e. The molecule has 3 rings (SSSR count). The molecule has 0 spiro atoms. The van der Waals surface area contributed by atoms with Crippen molar-refractivity contribution < 1.29 is 18.0 Å². The number of sulfonamides is 1. The third-order valence-corrected chi connectivity index (χ3v) is 9.38. The number of rotatable bonds is 12. The fraction of sp³-hybridized carbons (Fsp3) is 0.333. The van der Waals surface area contributed by atoms with Crippen molar-refractivity contribution in [2.45, 2.75) is 64.1 Å². The maximum Gasteiger partial charge on any atom is 0.264 e. The average molecular weight is 639 g/mol. The molecule has 0 aliphatic carbocycles. The number of halogens is 3. The number of amides is 2. The zero-order valence-electron chi connectivity index (χ0n) is 23.4. The Labute approximate surface area is 257 Å². The van der Waals surface area contributed by atoms with E-state index in [1.54, 1.807) is 68.4 Å². The predicted molar refractivity (Wildman–Crippen MR) is 166 cm³/mol. The molecule has 0 heterocycles. The molecule has 2 amide bonds. The van der Waals surface area contributed by atoms with Crippen molar-refractivity contribution in [1.82, 2.24) is 10.2 Å². The molecule has 0 fully saturated rings. The van der Waals surface area contributed by atoms with E-state index in [-0.39, 0.29) is 23.4 Å². The number of carbonyl (C=O) groups is 2. The van der Waals surface area contributed by atoms with Gasteiger partial charge in [-0.25, -0.2) is 8.42 Å². The van der Waals surface area contributed by atoms with E-state index in [0.717, 1.165) is 4.31 Å². The second-order valence-corrected chi connectivity index (χ2v) is 12.9. The van der Waals surface area contributed by atoms with Crippen LogP contribution in [0.4, 0.5) is 5.69 Å². The summed E-state index contributed by atoms with van der Waals surface area (Å²) in [5, 5.41) is 4.14. The van der Waals surface area contributed by atoms with Crippen molar-refractivity contribution >= 4 is 62.3 Å². The molecule has 0 aliphatic rings. The summed E-state index contributed by atoms with van der Waals surface area (Å²) in [5.74, 6) is -0.906. The van der Waals surface area contributed by atoms with E-state index in [1.807, 2.05) is 13.8 Å². The Balaban J connectivity index is 2.11. The van der Waals surface area contributed by atoms with Crippen molar-refractivity contribution in [3.63, 3.8) is 0 Å². The van der Waals surface area contributed by atoms with Crippen LogP contribution in [-0.2, 0) is 26.2 Å². The summed E-state index contributed by atoms with van der Waals surface area (Å²) in [6.45, 7) is 6.76. The number of anilines is 1. The van der Waals surface area contributed by atoms with Gasteiger partial charge in [0.05, 0.1) is 10.6 Å². The molecule has 220 valence electrons. The van der Waals surface area contributed by atoms with Gasteiger partial charge in [-0.15, -0.1) is 0 Å². The van der Waals surface area contributed by atoms with Crippen LogP contribution in [0.5, 0.6) is 0 Å². The highest BCUT2D eigenvalue weighted by Crippen LogP contribution is 2.30. The summed E-state index contributed by atoms with van der Waals surface area (Å²) in [4.78, 5) is 29.0. The van der Waals surface area contributed by atoms with Crippen LogP contribution in [0.15, 0.2) is 71.6 Å². The van der Waals surface area contributed by atoms with Gasteiger partial charge in [-0.2, -0.15) is 0 Å². The van der Waals surface area contributed by atoms with E-state index in [4.69, 9.17) is 34.8 Å². The van der Waals surface area contributed by atoms with Crippen molar-refractivity contribution in [2.75, 3.05) is 10.8 Å². The zero-order valence-corrected chi connectivity index (χ0v) is 26.5. The van der Waals surface area contributed by atoms with Gasteiger partial charge in [0.15, 0.2) is 0 Å². The van der Waals surface area contributed by atoms with E-state index in [0.29, 0.717) is 44.7 Å². The number of hydrogen-bond donors (Lipinski definition) is 1. The highest BCUT2D eigenvalue weighted by molar-refractivity contribution is 7.92. The molecule has 0 saturated carbocycles. The number of nitrogens with one attached hydrogen (secondary N) is 1. The molecule has 0 radical (unpaired) electrons. The van der Waals surface area contributed by atoms with Crippen LogP contribution in [0, 0.1) is 6.92 Å². The molecule has 0 aromatic heterocycles. The van der Waals surface area contributed by atoms with Crippen LogP contribution in [0.3, 0.4) is 0 Å². The first-order valence-corrected chi connectivity index (χ1v) is 15.8. The van der Waals surface area contributed by atoms with Crippen LogP contribution in [0.25, 0.3) is 0 Å². The Kier molecular flexibility index (Phi) is 11.5. The maximum absolute atomic E-state index is 14.2. The second-order valence-electron chi connectivity index (χ2n) is 9.75. The Morgan fingerprint density at radius 3 is 2.12 bits per heavy atom. The Hall–Kier alpha value is -2.78. The molecule has 1 N–H and O–H groups in total. The molecular formula is C30H34Cl3N3O4S. The van der Waals surface area contributed by atoms with Crippen molar-refractivity contribution in [2.24, 2.45) is 0 Å². The monoisotopic (exact) mass is 637 g/mol. The first-order valence-electron chi connectivity index (χ1n) is 13.3. The number of nitrogens with zero attached hydrogens (tertiary/aromatic N) is 2. The van der Waals surface area contributed by atoms with E-state index in [1.165, 1.54) is 17.0 Å². The summed E-state index contributed by atoms with van der Waals surface area (Å²) in [7, 11) is -4.18. The van der Waals surface area contributed by atoms with Gasteiger partial charge in [0.25, 0.3) is 10.0 Å². The van der Waals surface area contributed by atoms with E-state index >= 15 is 0 Å². The molecule has 3 aromatic rings. The Morgan fingerprint density at radius 2 is 1.54 bits per heavy atom. The summed E-state index contributed by atoms with van der Waals surface area (Å²) in [6, 6.07) is 16.6. The van der Waals surface area contributed by atoms with Crippen LogP contribution in [-0.4, -0.2) is 43.8 Å². The summed E-state index contributed by atoms with van der Waals surface area (Å²) < 4.78 is 28.9. The molecule has 7 nitrogen and oxygen atoms in total. The highest BCUT2D eigenvalue weighted by atomic mass is 35.5. The van der Waals surface area contributed by atoms with Crippen LogP contribution in [0.2, 0.25) is 15.1 Å². The summed E-state index contributed by atoms with van der Waals surface area (Å²) in [6.07, 6.45) is 1.00. The smallest absolute Gasteiger partial charge is 0.264 e. The molecule has 3 aromatic carbocycles. The minimum Gasteiger partial charge on any atom is -0.352 e. The van der Waals surface area contributed by atoms with Gasteiger partial charge in [0.2, 0.25) is 11.8 Å². The SMILES string of the molecule is CC[C@H](C(=O)N[C@@H](C)CC)N(Cc1ccc(Cl)cc1Cl)C(=O)CN(c1ccc(Cl)cc1C)S(=O)(=O)c1ccccc1. The number of carbonyl (C=O) groups excluding carboxylic acids is 2. The Morgan fingerprint density at radius 1 is 0.902 bits per heavy atom. The van der Waals surface area contributed by atoms with Crippen LogP contribution < -0.4 is 9.62 Å². The lowest BCUT2D eigenvalue weighted by Gasteiger charge is -2.34. The lowest BCUT2D eigenvalue weighted by molar-refractivity contribution is -0.140. The minimum absolute atomic E-state index is 0.0241. The molecule has 41 heavy (non-hydrogen) atoms. The first kappa shape index (κ1) is 32.7. The van der Waals surface area contributed by atoms with E-state index < -0.39 is 28.5 Å². The second kappa shape index (κ2) is 14.4. The Bertz CT molecular complexity index is 1490. The lowest BCUT2D eigenvalue weighted by Crippen LogP contribution is -2.53. The van der Waals surface area contributed by atoms with Crippen LogP contribution in [0.1, 0.15) is 44.7 Å². The van der Waals surface area contributed by atoms with Gasteiger partial charge >= 0.3 is 0 Å². The van der Waals surface area contributed by atoms with Gasteiger partial charge in [0, 0.05) is 27.7 Å². The van der Waals surface area contributed by atoms with Gasteiger partial charge < -0.3 is 10.2 Å². The number of benzene rings is 3. The average Bonchev–Trinajstić information content (AvgIpc) is 2.93. The van der Waals surface area contributed by atoms with Crippen molar-refractivity contribution in [3.05, 3.63) is 92.9 Å². The topological polar surface area (TPSA) is 86.8 Å². The maximum atomic E-state index is 14.2. The highest BCUT2D eigenvalue weighted by Gasteiger charge is 2.34.